The lowest BCUT2D eigenvalue weighted by Crippen LogP contribution is -2.14. The summed E-state index contributed by atoms with van der Waals surface area (Å²) < 4.78 is 0. The van der Waals surface area contributed by atoms with Gasteiger partial charge in [0.25, 0.3) is 5.91 Å². The lowest BCUT2D eigenvalue weighted by Gasteiger charge is -2.17. The molecule has 1 aromatic carbocycles. The number of hydrogen-bond donors (Lipinski definition) is 1. The molecule has 1 heterocycles. The first-order chi connectivity index (χ1) is 8.63. The van der Waals surface area contributed by atoms with Crippen LogP contribution < -0.4 is 5.32 Å². The van der Waals surface area contributed by atoms with Gasteiger partial charge in [-0.3, -0.25) is 9.59 Å². The maximum absolute atomic E-state index is 11.3. The van der Waals surface area contributed by atoms with Gasteiger partial charge in [0.05, 0.1) is 0 Å². The standard InChI is InChI=1S/C13H13N3O2/c1-7(17)14-10-2-3-11-8(5-10)4-9-6-12(18)15-16-13(9)11/h2-3,5,9,13H,4,6H2,1H3,(H,14,17). The van der Waals surface area contributed by atoms with E-state index in [2.05, 4.69) is 15.5 Å². The molecular weight excluding hydrogens is 230 g/mol. The van der Waals surface area contributed by atoms with Gasteiger partial charge in [0.1, 0.15) is 6.04 Å². The maximum Gasteiger partial charge on any atom is 0.264 e. The molecule has 0 fully saturated rings. The van der Waals surface area contributed by atoms with Gasteiger partial charge in [-0.05, 0) is 29.7 Å². The molecule has 3 rings (SSSR count). The van der Waals surface area contributed by atoms with Crippen LogP contribution in [-0.2, 0) is 16.0 Å². The van der Waals surface area contributed by atoms with Crippen LogP contribution in [0.4, 0.5) is 5.69 Å². The van der Waals surface area contributed by atoms with Crippen LogP contribution in [0.5, 0.6) is 0 Å². The average Bonchev–Trinajstić information content (AvgIpc) is 2.64. The molecule has 0 bridgehead atoms. The van der Waals surface area contributed by atoms with Crippen molar-refractivity contribution in [2.75, 3.05) is 5.32 Å². The number of nitrogens with one attached hydrogen (secondary N) is 1. The number of rotatable bonds is 1. The lowest BCUT2D eigenvalue weighted by atomic mass is 9.96. The highest BCUT2D eigenvalue weighted by Gasteiger charge is 2.36. The van der Waals surface area contributed by atoms with Crippen LogP contribution in [0.3, 0.4) is 0 Å². The Morgan fingerprint density at radius 1 is 1.39 bits per heavy atom. The predicted octanol–water partition coefficient (Wildman–Crippen LogP) is 2.24. The fourth-order valence-corrected chi connectivity index (χ4v) is 2.73. The third-order valence-corrected chi connectivity index (χ3v) is 3.44. The van der Waals surface area contributed by atoms with Gasteiger partial charge < -0.3 is 5.32 Å². The molecular formula is C13H13N3O2. The second-order valence-electron chi connectivity index (χ2n) is 4.82. The van der Waals surface area contributed by atoms with Gasteiger partial charge in [0.15, 0.2) is 0 Å². The molecule has 2 unspecified atom stereocenters. The van der Waals surface area contributed by atoms with Gasteiger partial charge in [0.2, 0.25) is 5.91 Å². The van der Waals surface area contributed by atoms with E-state index in [0.29, 0.717) is 6.42 Å². The molecule has 1 aliphatic heterocycles. The van der Waals surface area contributed by atoms with Crippen molar-refractivity contribution in [1.82, 2.24) is 0 Å². The van der Waals surface area contributed by atoms with E-state index < -0.39 is 0 Å². The molecule has 2 aliphatic rings. The normalized spacial score (nSPS) is 24.6. The van der Waals surface area contributed by atoms with Crippen molar-refractivity contribution in [2.45, 2.75) is 25.8 Å². The largest absolute Gasteiger partial charge is 0.326 e. The van der Waals surface area contributed by atoms with E-state index in [9.17, 15) is 9.59 Å². The Bertz CT molecular complexity index is 565. The van der Waals surface area contributed by atoms with Crippen molar-refractivity contribution in [2.24, 2.45) is 16.1 Å². The first-order valence-electron chi connectivity index (χ1n) is 5.97. The first-order valence-corrected chi connectivity index (χ1v) is 5.97. The smallest absolute Gasteiger partial charge is 0.264 e. The van der Waals surface area contributed by atoms with Crippen LogP contribution in [0.25, 0.3) is 0 Å². The molecule has 0 saturated heterocycles. The minimum atomic E-state index is -0.133. The van der Waals surface area contributed by atoms with E-state index in [1.807, 2.05) is 18.2 Å². The predicted molar refractivity (Wildman–Crippen MR) is 65.2 cm³/mol. The van der Waals surface area contributed by atoms with Crippen molar-refractivity contribution in [3.05, 3.63) is 29.3 Å². The zero-order valence-electron chi connectivity index (χ0n) is 10.0. The van der Waals surface area contributed by atoms with E-state index in [1.165, 1.54) is 6.92 Å². The lowest BCUT2D eigenvalue weighted by molar-refractivity contribution is -0.120. The minimum absolute atomic E-state index is 0.0177. The summed E-state index contributed by atoms with van der Waals surface area (Å²) in [5.74, 6) is 0.0175. The fourth-order valence-electron chi connectivity index (χ4n) is 2.73. The maximum atomic E-state index is 11.3. The van der Waals surface area contributed by atoms with Crippen LogP contribution in [0.15, 0.2) is 28.4 Å². The fraction of sp³-hybridized carbons (Fsp3) is 0.385. The Kier molecular flexibility index (Phi) is 2.47. The molecule has 1 N–H and O–H groups in total. The molecule has 0 aromatic heterocycles. The summed E-state index contributed by atoms with van der Waals surface area (Å²) in [4.78, 5) is 22.3. The molecule has 0 saturated carbocycles. The SMILES string of the molecule is CC(=O)Nc1ccc2c(c1)CC1CC(=O)N=NC21. The van der Waals surface area contributed by atoms with E-state index in [0.717, 1.165) is 23.2 Å². The molecule has 18 heavy (non-hydrogen) atoms. The molecule has 1 aromatic rings. The number of carbonyl (C=O) groups is 2. The quantitative estimate of drug-likeness (QED) is 0.821. The summed E-state index contributed by atoms with van der Waals surface area (Å²) in [6.45, 7) is 1.49. The number of hydrogen-bond acceptors (Lipinski definition) is 3. The van der Waals surface area contributed by atoms with Gasteiger partial charge in [0, 0.05) is 24.9 Å². The first kappa shape index (κ1) is 11.1. The number of nitrogens with zero attached hydrogens (tertiary/aromatic N) is 2. The van der Waals surface area contributed by atoms with Crippen molar-refractivity contribution in [3.63, 3.8) is 0 Å². The van der Waals surface area contributed by atoms with Crippen molar-refractivity contribution >= 4 is 17.5 Å². The van der Waals surface area contributed by atoms with Crippen LogP contribution in [0.2, 0.25) is 0 Å². The second kappa shape index (κ2) is 4.01. The Balaban J connectivity index is 1.92. The summed E-state index contributed by atoms with van der Waals surface area (Å²) in [6, 6.07) is 5.83. The summed E-state index contributed by atoms with van der Waals surface area (Å²) in [7, 11) is 0. The van der Waals surface area contributed by atoms with Crippen molar-refractivity contribution in [3.8, 4) is 0 Å². The summed E-state index contributed by atoms with van der Waals surface area (Å²) >= 11 is 0. The highest BCUT2D eigenvalue weighted by Crippen LogP contribution is 2.43. The van der Waals surface area contributed by atoms with Gasteiger partial charge in [-0.15, -0.1) is 5.11 Å². The van der Waals surface area contributed by atoms with E-state index >= 15 is 0 Å². The van der Waals surface area contributed by atoms with E-state index in [1.54, 1.807) is 0 Å². The number of azo groups is 1. The van der Waals surface area contributed by atoms with Gasteiger partial charge >= 0.3 is 0 Å². The minimum Gasteiger partial charge on any atom is -0.326 e. The molecule has 5 heteroatoms. The highest BCUT2D eigenvalue weighted by atomic mass is 16.2. The molecule has 2 atom stereocenters. The Labute approximate surface area is 104 Å². The molecule has 92 valence electrons. The number of carbonyl (C=O) groups excluding carboxylic acids is 2. The van der Waals surface area contributed by atoms with Crippen LogP contribution in [0, 0.1) is 5.92 Å². The number of anilines is 1. The number of benzene rings is 1. The van der Waals surface area contributed by atoms with Crippen LogP contribution in [0.1, 0.15) is 30.5 Å². The van der Waals surface area contributed by atoms with Gasteiger partial charge in [-0.25, -0.2) is 0 Å². The van der Waals surface area contributed by atoms with Crippen LogP contribution in [-0.4, -0.2) is 11.8 Å². The molecule has 0 spiro atoms. The third kappa shape index (κ3) is 1.81. The Morgan fingerprint density at radius 3 is 3.00 bits per heavy atom. The number of fused-ring (bicyclic) bond motifs is 3. The third-order valence-electron chi connectivity index (χ3n) is 3.44. The zero-order valence-corrected chi connectivity index (χ0v) is 10.0. The van der Waals surface area contributed by atoms with Gasteiger partial charge in [-0.1, -0.05) is 6.07 Å². The van der Waals surface area contributed by atoms with Crippen molar-refractivity contribution < 1.29 is 9.59 Å². The van der Waals surface area contributed by atoms with E-state index in [-0.39, 0.29) is 23.8 Å². The van der Waals surface area contributed by atoms with Crippen molar-refractivity contribution in [1.29, 1.82) is 0 Å². The topological polar surface area (TPSA) is 70.9 Å². The summed E-state index contributed by atoms with van der Waals surface area (Å²) in [6.07, 6.45) is 1.30. The molecule has 0 radical (unpaired) electrons. The highest BCUT2D eigenvalue weighted by molar-refractivity contribution is 5.88. The van der Waals surface area contributed by atoms with Gasteiger partial charge in [-0.2, -0.15) is 5.11 Å². The molecule has 5 nitrogen and oxygen atoms in total. The monoisotopic (exact) mass is 243 g/mol. The average molecular weight is 243 g/mol. The Morgan fingerprint density at radius 2 is 2.22 bits per heavy atom. The zero-order chi connectivity index (χ0) is 12.7. The number of amides is 2. The summed E-state index contributed by atoms with van der Waals surface area (Å²) in [5, 5.41) is 10.5. The molecule has 1 aliphatic carbocycles. The second-order valence-corrected chi connectivity index (χ2v) is 4.82. The molecule has 2 amide bonds. The van der Waals surface area contributed by atoms with Crippen LogP contribution >= 0.6 is 0 Å². The van der Waals surface area contributed by atoms with E-state index in [4.69, 9.17) is 0 Å². The Hall–Kier alpha value is -2.04. The summed E-state index contributed by atoms with van der Waals surface area (Å²) in [5.41, 5.74) is 3.08.